The van der Waals surface area contributed by atoms with Gasteiger partial charge in [-0.05, 0) is 35.0 Å². The molecule has 2 rings (SSSR count). The Balaban J connectivity index is 2.47. The van der Waals surface area contributed by atoms with Gasteiger partial charge in [-0.3, -0.25) is 4.79 Å². The quantitative estimate of drug-likeness (QED) is 0.429. The molecule has 0 atom stereocenters. The van der Waals surface area contributed by atoms with E-state index < -0.39 is 31.2 Å². The largest absolute Gasteiger partial charge is 0.365 e. The molecule has 0 unspecified atom stereocenters. The Bertz CT molecular complexity index is 800. The lowest BCUT2D eigenvalue weighted by atomic mass is 10.1. The van der Waals surface area contributed by atoms with E-state index in [0.717, 1.165) is 11.7 Å². The Hall–Kier alpha value is -1.25. The Morgan fingerprint density at radius 1 is 1.33 bits per heavy atom. The number of primary amides is 1. The molecule has 8 heteroatoms. The summed E-state index contributed by atoms with van der Waals surface area (Å²) in [5.74, 6) is -3.37. The van der Waals surface area contributed by atoms with Crippen LogP contribution in [0.1, 0.15) is 16.1 Å². The van der Waals surface area contributed by atoms with Crippen LogP contribution in [0, 0.1) is 18.6 Å². The molecule has 0 aliphatic carbocycles. The van der Waals surface area contributed by atoms with Gasteiger partial charge in [0.25, 0.3) is 5.91 Å². The van der Waals surface area contributed by atoms with Crippen LogP contribution in [-0.4, -0.2) is 25.2 Å². The lowest BCUT2D eigenvalue weighted by Crippen LogP contribution is -2.22. The fourth-order valence-electron chi connectivity index (χ4n) is 2.47. The molecule has 1 aromatic carbocycles. The highest BCUT2D eigenvalue weighted by Gasteiger charge is 2.25. The third-order valence-electron chi connectivity index (χ3n) is 3.85. The first-order chi connectivity index (χ1) is 11.0. The average Bonchev–Trinajstić information content (AvgIpc) is 2.77. The lowest BCUT2D eigenvalue weighted by Gasteiger charge is -2.17. The smallest absolute Gasteiger partial charge is 0.253 e. The van der Waals surface area contributed by atoms with E-state index in [4.69, 9.17) is 10.5 Å². The van der Waals surface area contributed by atoms with Gasteiger partial charge in [-0.1, -0.05) is 19.6 Å². The van der Waals surface area contributed by atoms with Crippen LogP contribution in [0.5, 0.6) is 0 Å². The molecule has 0 radical (unpaired) electrons. The molecule has 0 aliphatic heterocycles. The van der Waals surface area contributed by atoms with Gasteiger partial charge in [-0.15, -0.1) is 0 Å². The van der Waals surface area contributed by atoms with Crippen molar-refractivity contribution in [2.75, 3.05) is 6.61 Å². The molecule has 0 saturated carbocycles. The summed E-state index contributed by atoms with van der Waals surface area (Å²) in [5.41, 5.74) is 5.81. The minimum atomic E-state index is -1.25. The predicted molar refractivity (Wildman–Crippen MR) is 96.9 cm³/mol. The maximum Gasteiger partial charge on any atom is 0.253 e. The second-order valence-corrected chi connectivity index (χ2v) is 13.4. The van der Waals surface area contributed by atoms with Crippen LogP contribution in [0.4, 0.5) is 8.78 Å². The molecule has 132 valence electrons. The SMILES string of the molecule is Cc1cc2c(Br)c(F)c(F)c(C(N)=O)c2n1COCC[Si](C)(C)C. The number of aryl methyl sites for hydroxylation is 1. The highest BCUT2D eigenvalue weighted by Crippen LogP contribution is 2.34. The normalized spacial score (nSPS) is 12.1. The van der Waals surface area contributed by atoms with Gasteiger partial charge in [0.2, 0.25) is 0 Å². The predicted octanol–water partition coefficient (Wildman–Crippen LogP) is 4.40. The third kappa shape index (κ3) is 3.70. The van der Waals surface area contributed by atoms with Crippen LogP contribution in [0.25, 0.3) is 10.9 Å². The van der Waals surface area contributed by atoms with E-state index in [1.807, 2.05) is 0 Å². The van der Waals surface area contributed by atoms with Gasteiger partial charge in [0.05, 0.1) is 9.99 Å². The third-order valence-corrected chi connectivity index (χ3v) is 6.32. The Labute approximate surface area is 149 Å². The monoisotopic (exact) mass is 418 g/mol. The van der Waals surface area contributed by atoms with Crippen LogP contribution < -0.4 is 5.73 Å². The minimum absolute atomic E-state index is 0.0241. The summed E-state index contributed by atoms with van der Waals surface area (Å²) in [6, 6.07) is 2.66. The number of hydrogen-bond acceptors (Lipinski definition) is 2. The van der Waals surface area contributed by atoms with E-state index in [1.165, 1.54) is 0 Å². The minimum Gasteiger partial charge on any atom is -0.365 e. The van der Waals surface area contributed by atoms with Crippen LogP contribution in [0.15, 0.2) is 10.5 Å². The zero-order chi connectivity index (χ0) is 18.2. The van der Waals surface area contributed by atoms with E-state index in [9.17, 15) is 13.6 Å². The second kappa shape index (κ2) is 6.93. The number of aromatic nitrogens is 1. The van der Waals surface area contributed by atoms with Gasteiger partial charge in [0.15, 0.2) is 11.6 Å². The van der Waals surface area contributed by atoms with Gasteiger partial charge in [0.1, 0.15) is 12.3 Å². The van der Waals surface area contributed by atoms with Crippen molar-refractivity contribution in [2.45, 2.75) is 39.3 Å². The lowest BCUT2D eigenvalue weighted by molar-refractivity contribution is 0.0886. The standard InChI is InChI=1S/C16H21BrF2N2O2Si/c1-9-7-10-12(17)14(19)13(18)11(16(20)22)15(10)21(9)8-23-5-6-24(2,3)4/h7H,5-6,8H2,1-4H3,(H2,20,22). The van der Waals surface area contributed by atoms with Crippen LogP contribution >= 0.6 is 15.9 Å². The van der Waals surface area contributed by atoms with E-state index in [1.54, 1.807) is 17.6 Å². The summed E-state index contributed by atoms with van der Waals surface area (Å²) in [6.07, 6.45) is 0. The summed E-state index contributed by atoms with van der Waals surface area (Å²) in [5, 5.41) is 0.397. The zero-order valence-electron chi connectivity index (χ0n) is 14.2. The van der Waals surface area contributed by atoms with Crippen molar-refractivity contribution in [1.82, 2.24) is 4.57 Å². The number of nitrogens with two attached hydrogens (primary N) is 1. The average molecular weight is 419 g/mol. The van der Waals surface area contributed by atoms with Gasteiger partial charge >= 0.3 is 0 Å². The number of hydrogen-bond donors (Lipinski definition) is 1. The molecule has 1 amide bonds. The van der Waals surface area contributed by atoms with E-state index in [2.05, 4.69) is 35.6 Å². The maximum absolute atomic E-state index is 14.2. The van der Waals surface area contributed by atoms with E-state index >= 15 is 0 Å². The first-order valence-corrected chi connectivity index (χ1v) is 12.1. The fraction of sp³-hybridized carbons (Fsp3) is 0.438. The van der Waals surface area contributed by atoms with Crippen molar-refractivity contribution in [3.63, 3.8) is 0 Å². The van der Waals surface area contributed by atoms with Gasteiger partial charge in [-0.25, -0.2) is 8.78 Å². The summed E-state index contributed by atoms with van der Waals surface area (Å²) >= 11 is 3.05. The molecular formula is C16H21BrF2N2O2Si. The van der Waals surface area contributed by atoms with Crippen LogP contribution in [0.3, 0.4) is 0 Å². The molecule has 24 heavy (non-hydrogen) atoms. The Kier molecular flexibility index (Phi) is 5.51. The van der Waals surface area contributed by atoms with Gasteiger partial charge in [-0.2, -0.15) is 0 Å². The van der Waals surface area contributed by atoms with E-state index in [0.29, 0.717) is 12.0 Å². The second-order valence-electron chi connectivity index (χ2n) is 7.01. The number of benzene rings is 1. The number of fused-ring (bicyclic) bond motifs is 1. The van der Waals surface area contributed by atoms with Crippen LogP contribution in [0.2, 0.25) is 25.7 Å². The molecule has 1 aromatic heterocycles. The molecule has 0 bridgehead atoms. The molecule has 1 heterocycles. The highest BCUT2D eigenvalue weighted by atomic mass is 79.9. The topological polar surface area (TPSA) is 57.2 Å². The molecule has 0 spiro atoms. The number of halogens is 3. The highest BCUT2D eigenvalue weighted by molar-refractivity contribution is 9.10. The fourth-order valence-corrected chi connectivity index (χ4v) is 3.70. The molecule has 0 fully saturated rings. The van der Waals surface area contributed by atoms with Crippen molar-refractivity contribution in [3.05, 3.63) is 33.4 Å². The summed E-state index contributed by atoms with van der Waals surface area (Å²) < 4.78 is 35.5. The first-order valence-electron chi connectivity index (χ1n) is 7.58. The first kappa shape index (κ1) is 19.1. The van der Waals surface area contributed by atoms with Crippen molar-refractivity contribution < 1.29 is 18.3 Å². The number of nitrogens with zero attached hydrogens (tertiary/aromatic N) is 1. The molecule has 0 saturated heterocycles. The maximum atomic E-state index is 14.2. The number of carbonyl (C=O) groups is 1. The number of carbonyl (C=O) groups excluding carboxylic acids is 1. The number of ether oxygens (including phenoxy) is 1. The summed E-state index contributed by atoms with van der Waals surface area (Å²) in [4.78, 5) is 11.7. The summed E-state index contributed by atoms with van der Waals surface area (Å²) in [7, 11) is -1.23. The van der Waals surface area contributed by atoms with Gasteiger partial charge < -0.3 is 15.0 Å². The molecule has 4 nitrogen and oxygen atoms in total. The van der Waals surface area contributed by atoms with E-state index in [-0.39, 0.29) is 16.7 Å². The molecule has 2 aromatic rings. The Morgan fingerprint density at radius 3 is 2.50 bits per heavy atom. The van der Waals surface area contributed by atoms with Gasteiger partial charge in [0, 0.05) is 25.8 Å². The number of rotatable bonds is 6. The van der Waals surface area contributed by atoms with Crippen molar-refractivity contribution in [1.29, 1.82) is 0 Å². The van der Waals surface area contributed by atoms with Crippen LogP contribution in [-0.2, 0) is 11.5 Å². The van der Waals surface area contributed by atoms with Crippen molar-refractivity contribution in [3.8, 4) is 0 Å². The summed E-state index contributed by atoms with van der Waals surface area (Å²) in [6.45, 7) is 9.24. The Morgan fingerprint density at radius 2 is 1.96 bits per heavy atom. The molecular weight excluding hydrogens is 398 g/mol. The van der Waals surface area contributed by atoms with Crippen molar-refractivity contribution in [2.24, 2.45) is 5.73 Å². The number of amides is 1. The van der Waals surface area contributed by atoms with Crippen molar-refractivity contribution >= 4 is 40.8 Å². The molecule has 0 aliphatic rings. The zero-order valence-corrected chi connectivity index (χ0v) is 16.8. The molecule has 2 N–H and O–H groups in total.